The second-order valence-corrected chi connectivity index (χ2v) is 8.04. The first-order chi connectivity index (χ1) is 13.5. The lowest BCUT2D eigenvalue weighted by atomic mass is 9.94. The normalized spacial score (nSPS) is 20.2. The molecule has 0 saturated carbocycles. The van der Waals surface area contributed by atoms with Crippen LogP contribution in [0.3, 0.4) is 0 Å². The molecule has 2 aromatic carbocycles. The van der Waals surface area contributed by atoms with Gasteiger partial charge >= 0.3 is 11.6 Å². The van der Waals surface area contributed by atoms with Crippen LogP contribution >= 0.6 is 11.8 Å². The van der Waals surface area contributed by atoms with E-state index >= 15 is 0 Å². The average Bonchev–Trinajstić information content (AvgIpc) is 2.65. The van der Waals surface area contributed by atoms with Crippen molar-refractivity contribution >= 4 is 40.1 Å². The molecule has 0 fully saturated rings. The van der Waals surface area contributed by atoms with Crippen molar-refractivity contribution < 1.29 is 13.9 Å². The Kier molecular flexibility index (Phi) is 3.57. The van der Waals surface area contributed by atoms with E-state index in [1.165, 1.54) is 17.8 Å². The van der Waals surface area contributed by atoms with Crippen molar-refractivity contribution in [1.82, 2.24) is 0 Å². The molecule has 0 amide bonds. The van der Waals surface area contributed by atoms with Crippen LogP contribution in [0.1, 0.15) is 17.2 Å². The maximum Gasteiger partial charge on any atom is 0.336 e. The molecule has 2 aliphatic heterocycles. The molecule has 7 heteroatoms. The number of hydrogen-bond donors (Lipinski definition) is 1. The maximum atomic E-state index is 12.8. The molecule has 28 heavy (non-hydrogen) atoms. The topological polar surface area (TPSA) is 85.8 Å². The highest BCUT2D eigenvalue weighted by Crippen LogP contribution is 2.53. The van der Waals surface area contributed by atoms with Gasteiger partial charge in [-0.05, 0) is 43.0 Å². The standard InChI is InChI=1S/C21H16N2O4S/c1-3-23-14-7-11(22)4-5-17(14)28-20-19(23)13-8-12-10(2)6-18(24)26-15(12)9-16(13)27-21(20)25/h3-9,19-20H,1,22H2,2H3. The number of nitrogens with two attached hydrogens (primary N) is 1. The second kappa shape index (κ2) is 5.90. The lowest BCUT2D eigenvalue weighted by Gasteiger charge is -2.43. The fourth-order valence-electron chi connectivity index (χ4n) is 3.88. The van der Waals surface area contributed by atoms with Gasteiger partial charge in [0.15, 0.2) is 0 Å². The van der Waals surface area contributed by atoms with Crippen LogP contribution in [0.25, 0.3) is 11.0 Å². The van der Waals surface area contributed by atoms with E-state index < -0.39 is 10.9 Å². The van der Waals surface area contributed by atoms with Crippen LogP contribution in [0.15, 0.2) is 63.3 Å². The minimum absolute atomic E-state index is 0.302. The summed E-state index contributed by atoms with van der Waals surface area (Å²) in [4.78, 5) is 27.4. The Balaban J connectivity index is 1.77. The quantitative estimate of drug-likeness (QED) is 0.292. The molecule has 6 nitrogen and oxygen atoms in total. The van der Waals surface area contributed by atoms with Gasteiger partial charge in [0.1, 0.15) is 16.6 Å². The largest absolute Gasteiger partial charge is 0.425 e. The number of aryl methyl sites for hydroxylation is 1. The first-order valence-corrected chi connectivity index (χ1v) is 9.61. The van der Waals surface area contributed by atoms with Crippen LogP contribution in [0.5, 0.6) is 5.75 Å². The highest BCUT2D eigenvalue weighted by Gasteiger charge is 2.45. The molecule has 2 unspecified atom stereocenters. The highest BCUT2D eigenvalue weighted by atomic mass is 32.2. The average molecular weight is 392 g/mol. The van der Waals surface area contributed by atoms with Crippen molar-refractivity contribution in [3.63, 3.8) is 0 Å². The fraction of sp³-hybridized carbons (Fsp3) is 0.143. The molecule has 3 aromatic rings. The molecule has 5 rings (SSSR count). The number of thioether (sulfide) groups is 1. The lowest BCUT2D eigenvalue weighted by Crippen LogP contribution is -2.44. The molecule has 2 atom stereocenters. The predicted molar refractivity (Wildman–Crippen MR) is 109 cm³/mol. The van der Waals surface area contributed by atoms with Crippen molar-refractivity contribution in [1.29, 1.82) is 0 Å². The number of nitrogen functional groups attached to an aromatic ring is 1. The Morgan fingerprint density at radius 2 is 2.04 bits per heavy atom. The first-order valence-electron chi connectivity index (χ1n) is 8.73. The van der Waals surface area contributed by atoms with Gasteiger partial charge in [0.05, 0.1) is 11.7 Å². The summed E-state index contributed by atoms with van der Waals surface area (Å²) < 4.78 is 10.9. The van der Waals surface area contributed by atoms with E-state index in [9.17, 15) is 9.59 Å². The lowest BCUT2D eigenvalue weighted by molar-refractivity contribution is -0.135. The van der Waals surface area contributed by atoms with Gasteiger partial charge in [-0.15, -0.1) is 11.8 Å². The molecule has 0 aliphatic carbocycles. The summed E-state index contributed by atoms with van der Waals surface area (Å²) in [7, 11) is 0. The minimum Gasteiger partial charge on any atom is -0.425 e. The number of esters is 1. The van der Waals surface area contributed by atoms with Crippen LogP contribution in [0, 0.1) is 6.92 Å². The molecule has 2 aliphatic rings. The van der Waals surface area contributed by atoms with E-state index in [1.54, 1.807) is 12.3 Å². The highest BCUT2D eigenvalue weighted by molar-refractivity contribution is 8.01. The summed E-state index contributed by atoms with van der Waals surface area (Å²) in [6, 6.07) is 10.3. The van der Waals surface area contributed by atoms with Gasteiger partial charge in [-0.3, -0.25) is 4.79 Å². The molecular weight excluding hydrogens is 376 g/mol. The SMILES string of the molecule is C=CN1c2cc(N)ccc2SC2C(=O)Oc3cc4oc(=O)cc(C)c4cc3C21. The van der Waals surface area contributed by atoms with Gasteiger partial charge in [0.2, 0.25) is 0 Å². The molecule has 0 radical (unpaired) electrons. The summed E-state index contributed by atoms with van der Waals surface area (Å²) in [5.74, 6) is 0.0541. The molecule has 1 aromatic heterocycles. The van der Waals surface area contributed by atoms with E-state index in [2.05, 4.69) is 6.58 Å². The fourth-order valence-corrected chi connectivity index (χ4v) is 5.14. The molecule has 0 spiro atoms. The Hall–Kier alpha value is -3.19. The van der Waals surface area contributed by atoms with E-state index in [1.807, 2.05) is 36.1 Å². The number of ether oxygens (including phenoxy) is 1. The zero-order valence-corrected chi connectivity index (χ0v) is 15.8. The summed E-state index contributed by atoms with van der Waals surface area (Å²) in [5, 5.41) is 0.359. The summed E-state index contributed by atoms with van der Waals surface area (Å²) in [5.41, 5.74) is 9.14. The third-order valence-electron chi connectivity index (χ3n) is 5.14. The van der Waals surface area contributed by atoms with E-state index in [0.717, 1.165) is 27.1 Å². The van der Waals surface area contributed by atoms with Gasteiger partial charge in [0, 0.05) is 33.7 Å². The molecule has 3 heterocycles. The van der Waals surface area contributed by atoms with E-state index in [-0.39, 0.29) is 12.0 Å². The van der Waals surface area contributed by atoms with Gasteiger partial charge < -0.3 is 19.8 Å². The number of carbonyl (C=O) groups excluding carboxylic acids is 1. The molecule has 2 N–H and O–H groups in total. The van der Waals surface area contributed by atoms with Crippen molar-refractivity contribution in [2.24, 2.45) is 0 Å². The molecule has 0 bridgehead atoms. The van der Waals surface area contributed by atoms with Gasteiger partial charge in [0.25, 0.3) is 0 Å². The van der Waals surface area contributed by atoms with E-state index in [4.69, 9.17) is 14.9 Å². The number of benzene rings is 2. The van der Waals surface area contributed by atoms with Crippen molar-refractivity contribution in [2.75, 3.05) is 10.6 Å². The van der Waals surface area contributed by atoms with Crippen molar-refractivity contribution in [3.05, 3.63) is 70.7 Å². The third kappa shape index (κ3) is 2.36. The predicted octanol–water partition coefficient (Wildman–Crippen LogP) is 3.77. The first kappa shape index (κ1) is 16.9. The number of hydrogen-bond acceptors (Lipinski definition) is 7. The van der Waals surface area contributed by atoms with Crippen LogP contribution in [-0.2, 0) is 4.79 Å². The number of carbonyl (C=O) groups is 1. The van der Waals surface area contributed by atoms with Gasteiger partial charge in [-0.2, -0.15) is 0 Å². The van der Waals surface area contributed by atoms with Crippen LogP contribution < -0.4 is 21.0 Å². The zero-order valence-electron chi connectivity index (χ0n) is 15.0. The van der Waals surface area contributed by atoms with Crippen LogP contribution in [0.2, 0.25) is 0 Å². The summed E-state index contributed by atoms with van der Waals surface area (Å²) in [6.45, 7) is 5.81. The van der Waals surface area contributed by atoms with Crippen molar-refractivity contribution in [3.8, 4) is 5.75 Å². The number of fused-ring (bicyclic) bond motifs is 5. The Bertz CT molecular complexity index is 1230. The van der Waals surface area contributed by atoms with Crippen LogP contribution in [-0.4, -0.2) is 11.2 Å². The smallest absolute Gasteiger partial charge is 0.336 e. The van der Waals surface area contributed by atoms with Gasteiger partial charge in [-0.1, -0.05) is 6.58 Å². The van der Waals surface area contributed by atoms with Crippen molar-refractivity contribution in [2.45, 2.75) is 23.1 Å². The summed E-state index contributed by atoms with van der Waals surface area (Å²) >= 11 is 1.46. The second-order valence-electron chi connectivity index (χ2n) is 6.86. The van der Waals surface area contributed by atoms with Gasteiger partial charge in [-0.25, -0.2) is 4.79 Å². The molecule has 0 saturated heterocycles. The maximum absolute atomic E-state index is 12.8. The Labute approximate surface area is 164 Å². The zero-order chi connectivity index (χ0) is 19.6. The summed E-state index contributed by atoms with van der Waals surface area (Å²) in [6.07, 6.45) is 1.71. The Morgan fingerprint density at radius 3 is 2.82 bits per heavy atom. The number of nitrogens with zero attached hydrogens (tertiary/aromatic N) is 1. The number of anilines is 2. The minimum atomic E-state index is -0.449. The molecular formula is C21H16N2O4S. The monoisotopic (exact) mass is 392 g/mol. The Morgan fingerprint density at radius 1 is 1.21 bits per heavy atom. The van der Waals surface area contributed by atoms with E-state index in [0.29, 0.717) is 17.0 Å². The number of rotatable bonds is 1. The molecule has 140 valence electrons. The third-order valence-corrected chi connectivity index (χ3v) is 6.44. The van der Waals surface area contributed by atoms with Crippen LogP contribution in [0.4, 0.5) is 11.4 Å².